The quantitative estimate of drug-likeness (QED) is 0.944. The van der Waals surface area contributed by atoms with Gasteiger partial charge in [-0.15, -0.1) is 0 Å². The smallest absolute Gasteiger partial charge is 0.229 e. The zero-order chi connectivity index (χ0) is 16.4. The number of carbonyl (C=O) groups is 2. The molecular weight excluding hydrogens is 292 g/mol. The number of anilines is 1. The number of aryl methyl sites for hydroxylation is 2. The zero-order valence-electron chi connectivity index (χ0n) is 13.3. The van der Waals surface area contributed by atoms with Gasteiger partial charge in [-0.05, 0) is 43.2 Å². The summed E-state index contributed by atoms with van der Waals surface area (Å²) < 4.78 is 5.27. The van der Waals surface area contributed by atoms with Crippen LogP contribution in [0.15, 0.2) is 41.0 Å². The Morgan fingerprint density at radius 2 is 2.17 bits per heavy atom. The number of rotatable bonds is 4. The van der Waals surface area contributed by atoms with Gasteiger partial charge in [0, 0.05) is 18.7 Å². The van der Waals surface area contributed by atoms with Gasteiger partial charge in [0.05, 0.1) is 18.7 Å². The second kappa shape index (κ2) is 6.28. The lowest BCUT2D eigenvalue weighted by Crippen LogP contribution is -2.28. The average Bonchev–Trinajstić information content (AvgIpc) is 3.14. The maximum atomic E-state index is 12.5. The van der Waals surface area contributed by atoms with Gasteiger partial charge in [0.2, 0.25) is 11.8 Å². The molecule has 1 atom stereocenters. The number of hydrogen-bond donors (Lipinski definition) is 1. The molecule has 1 N–H and O–H groups in total. The van der Waals surface area contributed by atoms with Gasteiger partial charge >= 0.3 is 0 Å². The van der Waals surface area contributed by atoms with Gasteiger partial charge in [-0.25, -0.2) is 0 Å². The van der Waals surface area contributed by atoms with E-state index in [-0.39, 0.29) is 24.2 Å². The third-order valence-electron chi connectivity index (χ3n) is 4.16. The van der Waals surface area contributed by atoms with Crippen LogP contribution in [0.25, 0.3) is 0 Å². The SMILES string of the molecule is Cc1ccc(C)c(NC(=O)[C@H]2CC(=O)N(Cc3ccco3)C2)c1. The molecule has 0 unspecified atom stereocenters. The van der Waals surface area contributed by atoms with Gasteiger partial charge in [0.1, 0.15) is 5.76 Å². The Bertz CT molecular complexity index is 722. The largest absolute Gasteiger partial charge is 0.467 e. The summed E-state index contributed by atoms with van der Waals surface area (Å²) in [5.74, 6) is 0.294. The van der Waals surface area contributed by atoms with Crippen molar-refractivity contribution < 1.29 is 14.0 Å². The molecule has 3 rings (SSSR count). The molecule has 0 aliphatic carbocycles. The van der Waals surface area contributed by atoms with E-state index in [1.165, 1.54) is 0 Å². The lowest BCUT2D eigenvalue weighted by molar-refractivity contribution is -0.128. The number of hydrogen-bond acceptors (Lipinski definition) is 3. The van der Waals surface area contributed by atoms with Gasteiger partial charge in [-0.1, -0.05) is 12.1 Å². The molecule has 0 spiro atoms. The minimum Gasteiger partial charge on any atom is -0.467 e. The van der Waals surface area contributed by atoms with E-state index < -0.39 is 0 Å². The monoisotopic (exact) mass is 312 g/mol. The molecule has 23 heavy (non-hydrogen) atoms. The molecule has 1 saturated heterocycles. The predicted octanol–water partition coefficient (Wildman–Crippen LogP) is 2.88. The van der Waals surface area contributed by atoms with E-state index in [1.807, 2.05) is 38.1 Å². The number of carbonyl (C=O) groups excluding carboxylic acids is 2. The van der Waals surface area contributed by atoms with Crippen molar-refractivity contribution in [3.05, 3.63) is 53.5 Å². The molecular formula is C18H20N2O3. The molecule has 1 aliphatic heterocycles. The third kappa shape index (κ3) is 3.44. The molecule has 2 amide bonds. The summed E-state index contributed by atoms with van der Waals surface area (Å²) in [6, 6.07) is 9.56. The Hall–Kier alpha value is -2.56. The minimum absolute atomic E-state index is 0.0116. The van der Waals surface area contributed by atoms with Gasteiger partial charge in [-0.3, -0.25) is 9.59 Å². The summed E-state index contributed by atoms with van der Waals surface area (Å²) in [6.07, 6.45) is 1.83. The minimum atomic E-state index is -0.322. The number of nitrogens with zero attached hydrogens (tertiary/aromatic N) is 1. The van der Waals surface area contributed by atoms with E-state index in [0.717, 1.165) is 22.6 Å². The summed E-state index contributed by atoms with van der Waals surface area (Å²) in [5, 5.41) is 2.95. The Morgan fingerprint density at radius 3 is 2.91 bits per heavy atom. The second-order valence-electron chi connectivity index (χ2n) is 6.06. The van der Waals surface area contributed by atoms with Crippen LogP contribution in [0.3, 0.4) is 0 Å². The van der Waals surface area contributed by atoms with Crippen LogP contribution in [0.2, 0.25) is 0 Å². The summed E-state index contributed by atoms with van der Waals surface area (Å²) in [7, 11) is 0. The first-order valence-electron chi connectivity index (χ1n) is 7.71. The van der Waals surface area contributed by atoms with Crippen molar-refractivity contribution in [3.8, 4) is 0 Å². The van der Waals surface area contributed by atoms with Crippen LogP contribution in [-0.2, 0) is 16.1 Å². The lowest BCUT2D eigenvalue weighted by Gasteiger charge is -2.15. The molecule has 0 saturated carbocycles. The fourth-order valence-electron chi connectivity index (χ4n) is 2.80. The van der Waals surface area contributed by atoms with Crippen LogP contribution in [0.5, 0.6) is 0 Å². The van der Waals surface area contributed by atoms with E-state index in [2.05, 4.69) is 5.32 Å². The van der Waals surface area contributed by atoms with Crippen molar-refractivity contribution in [2.24, 2.45) is 5.92 Å². The van der Waals surface area contributed by atoms with E-state index in [1.54, 1.807) is 17.2 Å². The highest BCUT2D eigenvalue weighted by atomic mass is 16.3. The molecule has 1 aliphatic rings. The maximum absolute atomic E-state index is 12.5. The molecule has 1 fully saturated rings. The topological polar surface area (TPSA) is 62.6 Å². The van der Waals surface area contributed by atoms with E-state index in [4.69, 9.17) is 4.42 Å². The average molecular weight is 312 g/mol. The van der Waals surface area contributed by atoms with Crippen molar-refractivity contribution in [2.75, 3.05) is 11.9 Å². The summed E-state index contributed by atoms with van der Waals surface area (Å²) >= 11 is 0. The molecule has 1 aromatic heterocycles. The van der Waals surface area contributed by atoms with E-state index in [0.29, 0.717) is 13.1 Å². The number of nitrogens with one attached hydrogen (secondary N) is 1. The van der Waals surface area contributed by atoms with Crippen LogP contribution >= 0.6 is 0 Å². The number of furan rings is 1. The van der Waals surface area contributed by atoms with Crippen LogP contribution in [-0.4, -0.2) is 23.3 Å². The predicted molar refractivity (Wildman–Crippen MR) is 86.8 cm³/mol. The molecule has 120 valence electrons. The van der Waals surface area contributed by atoms with Crippen molar-refractivity contribution >= 4 is 17.5 Å². The molecule has 2 heterocycles. The normalized spacial score (nSPS) is 17.6. The van der Waals surface area contributed by atoms with Crippen LogP contribution in [0, 0.1) is 19.8 Å². The molecule has 2 aromatic rings. The highest BCUT2D eigenvalue weighted by Gasteiger charge is 2.34. The van der Waals surface area contributed by atoms with Crippen LogP contribution in [0.1, 0.15) is 23.3 Å². The third-order valence-corrected chi connectivity index (χ3v) is 4.16. The van der Waals surface area contributed by atoms with Gasteiger partial charge < -0.3 is 14.6 Å². The molecule has 0 radical (unpaired) electrons. The Kier molecular flexibility index (Phi) is 4.19. The molecule has 0 bridgehead atoms. The maximum Gasteiger partial charge on any atom is 0.229 e. The summed E-state index contributed by atoms with van der Waals surface area (Å²) in [5.41, 5.74) is 2.92. The summed E-state index contributed by atoms with van der Waals surface area (Å²) in [6.45, 7) is 4.78. The van der Waals surface area contributed by atoms with Gasteiger partial charge in [0.25, 0.3) is 0 Å². The highest BCUT2D eigenvalue weighted by molar-refractivity contribution is 5.97. The first kappa shape index (κ1) is 15.3. The number of amides is 2. The molecule has 1 aromatic carbocycles. The summed E-state index contributed by atoms with van der Waals surface area (Å²) in [4.78, 5) is 26.2. The van der Waals surface area contributed by atoms with Crippen LogP contribution < -0.4 is 5.32 Å². The molecule has 5 heteroatoms. The second-order valence-corrected chi connectivity index (χ2v) is 6.06. The Morgan fingerprint density at radius 1 is 1.35 bits per heavy atom. The van der Waals surface area contributed by atoms with Crippen molar-refractivity contribution in [2.45, 2.75) is 26.8 Å². The fourth-order valence-corrected chi connectivity index (χ4v) is 2.80. The Labute approximate surface area is 135 Å². The molecule has 5 nitrogen and oxygen atoms in total. The fraction of sp³-hybridized carbons (Fsp3) is 0.333. The first-order chi connectivity index (χ1) is 11.0. The van der Waals surface area contributed by atoms with E-state index >= 15 is 0 Å². The highest BCUT2D eigenvalue weighted by Crippen LogP contribution is 2.23. The number of likely N-dealkylation sites (tertiary alicyclic amines) is 1. The number of benzene rings is 1. The van der Waals surface area contributed by atoms with Gasteiger partial charge in [0.15, 0.2) is 0 Å². The first-order valence-corrected chi connectivity index (χ1v) is 7.71. The van der Waals surface area contributed by atoms with Crippen molar-refractivity contribution in [3.63, 3.8) is 0 Å². The van der Waals surface area contributed by atoms with Crippen molar-refractivity contribution in [1.29, 1.82) is 0 Å². The van der Waals surface area contributed by atoms with E-state index in [9.17, 15) is 9.59 Å². The van der Waals surface area contributed by atoms with Crippen molar-refractivity contribution in [1.82, 2.24) is 4.90 Å². The Balaban J connectivity index is 1.64. The standard InChI is InChI=1S/C18H20N2O3/c1-12-5-6-13(2)16(8-12)19-18(22)14-9-17(21)20(10-14)11-15-4-3-7-23-15/h3-8,14H,9-11H2,1-2H3,(H,19,22)/t14-/m0/s1. The lowest BCUT2D eigenvalue weighted by atomic mass is 10.1. The zero-order valence-corrected chi connectivity index (χ0v) is 13.3. The van der Waals surface area contributed by atoms with Gasteiger partial charge in [-0.2, -0.15) is 0 Å². The van der Waals surface area contributed by atoms with Crippen LogP contribution in [0.4, 0.5) is 5.69 Å².